The highest BCUT2D eigenvalue weighted by Gasteiger charge is 2.13. The highest BCUT2D eigenvalue weighted by molar-refractivity contribution is 6.31. The lowest BCUT2D eigenvalue weighted by Crippen LogP contribution is -2.41. The molecule has 5 nitrogen and oxygen atoms in total. The van der Waals surface area contributed by atoms with Crippen LogP contribution in [0.3, 0.4) is 0 Å². The summed E-state index contributed by atoms with van der Waals surface area (Å²) in [7, 11) is 0. The Balaban J connectivity index is 2.82. The maximum Gasteiger partial charge on any atom is 0.423 e. The number of hydrazine groups is 1. The summed E-state index contributed by atoms with van der Waals surface area (Å²) in [5, 5.41) is 7.98. The van der Waals surface area contributed by atoms with Crippen LogP contribution in [-0.4, -0.2) is 17.1 Å². The van der Waals surface area contributed by atoms with Gasteiger partial charge in [-0.25, -0.2) is 14.6 Å². The third-order valence-electron chi connectivity index (χ3n) is 1.48. The molecule has 7 heteroatoms. The SMILES string of the molecule is O=C(O)NNC(=O)c1cccc(Cl)c1F. The zero-order chi connectivity index (χ0) is 11.4. The van der Waals surface area contributed by atoms with E-state index in [0.29, 0.717) is 0 Å². The normalized spacial score (nSPS) is 9.47. The monoisotopic (exact) mass is 232 g/mol. The number of halogens is 2. The molecular formula is C8H6ClFN2O3. The second-order valence-corrected chi connectivity index (χ2v) is 2.89. The largest absolute Gasteiger partial charge is 0.464 e. The van der Waals surface area contributed by atoms with Crippen molar-refractivity contribution >= 4 is 23.6 Å². The highest BCUT2D eigenvalue weighted by Crippen LogP contribution is 2.17. The fourth-order valence-electron chi connectivity index (χ4n) is 0.857. The van der Waals surface area contributed by atoms with Crippen molar-refractivity contribution in [1.29, 1.82) is 0 Å². The molecular weight excluding hydrogens is 227 g/mol. The van der Waals surface area contributed by atoms with Crippen molar-refractivity contribution < 1.29 is 19.1 Å². The third kappa shape index (κ3) is 2.81. The van der Waals surface area contributed by atoms with Gasteiger partial charge in [-0.15, -0.1) is 0 Å². The first-order valence-corrected chi connectivity index (χ1v) is 4.13. The van der Waals surface area contributed by atoms with Crippen LogP contribution in [0, 0.1) is 5.82 Å². The van der Waals surface area contributed by atoms with Gasteiger partial charge in [-0.2, -0.15) is 0 Å². The zero-order valence-corrected chi connectivity index (χ0v) is 8.01. The Morgan fingerprint density at radius 3 is 2.60 bits per heavy atom. The molecule has 1 aromatic rings. The lowest BCUT2D eigenvalue weighted by atomic mass is 10.2. The van der Waals surface area contributed by atoms with E-state index in [2.05, 4.69) is 0 Å². The Labute approximate surface area is 88.8 Å². The molecule has 80 valence electrons. The van der Waals surface area contributed by atoms with Crippen LogP contribution in [-0.2, 0) is 0 Å². The number of carbonyl (C=O) groups excluding carboxylic acids is 1. The molecule has 0 aliphatic heterocycles. The van der Waals surface area contributed by atoms with E-state index in [1.807, 2.05) is 0 Å². The molecule has 0 atom stereocenters. The lowest BCUT2D eigenvalue weighted by molar-refractivity contribution is 0.0922. The predicted molar refractivity (Wildman–Crippen MR) is 50.0 cm³/mol. The molecule has 0 unspecified atom stereocenters. The number of rotatable bonds is 1. The summed E-state index contributed by atoms with van der Waals surface area (Å²) < 4.78 is 13.2. The van der Waals surface area contributed by atoms with Crippen molar-refractivity contribution in [3.05, 3.63) is 34.6 Å². The van der Waals surface area contributed by atoms with Crippen molar-refractivity contribution in [1.82, 2.24) is 10.9 Å². The van der Waals surface area contributed by atoms with Crippen molar-refractivity contribution in [2.24, 2.45) is 0 Å². The maximum atomic E-state index is 13.2. The van der Waals surface area contributed by atoms with E-state index in [0.717, 1.165) is 0 Å². The Morgan fingerprint density at radius 2 is 2.00 bits per heavy atom. The number of hydrogen-bond acceptors (Lipinski definition) is 2. The predicted octanol–water partition coefficient (Wildman–Crippen LogP) is 1.39. The average Bonchev–Trinajstić information content (AvgIpc) is 2.18. The van der Waals surface area contributed by atoms with Crippen molar-refractivity contribution in [3.8, 4) is 0 Å². The zero-order valence-electron chi connectivity index (χ0n) is 7.25. The van der Waals surface area contributed by atoms with E-state index in [1.165, 1.54) is 18.2 Å². The van der Waals surface area contributed by atoms with Crippen molar-refractivity contribution in [3.63, 3.8) is 0 Å². The van der Waals surface area contributed by atoms with E-state index >= 15 is 0 Å². The number of hydrogen-bond donors (Lipinski definition) is 3. The molecule has 1 aromatic carbocycles. The molecule has 0 saturated heterocycles. The van der Waals surface area contributed by atoms with Crippen molar-refractivity contribution in [2.75, 3.05) is 0 Å². The van der Waals surface area contributed by atoms with Gasteiger partial charge in [-0.05, 0) is 12.1 Å². The minimum atomic E-state index is -1.45. The van der Waals surface area contributed by atoms with Crippen LogP contribution >= 0.6 is 11.6 Å². The fourth-order valence-corrected chi connectivity index (χ4v) is 1.03. The van der Waals surface area contributed by atoms with Gasteiger partial charge in [0.15, 0.2) is 5.82 Å². The summed E-state index contributed by atoms with van der Waals surface area (Å²) in [5.41, 5.74) is 3.04. The van der Waals surface area contributed by atoms with Crippen LogP contribution < -0.4 is 10.9 Å². The van der Waals surface area contributed by atoms with Gasteiger partial charge in [0, 0.05) is 0 Å². The molecule has 15 heavy (non-hydrogen) atoms. The van der Waals surface area contributed by atoms with Crippen LogP contribution in [0.5, 0.6) is 0 Å². The minimum Gasteiger partial charge on any atom is -0.464 e. The van der Waals surface area contributed by atoms with E-state index < -0.39 is 17.8 Å². The Kier molecular flexibility index (Phi) is 3.46. The van der Waals surface area contributed by atoms with Crippen LogP contribution in [0.25, 0.3) is 0 Å². The van der Waals surface area contributed by atoms with Gasteiger partial charge in [-0.1, -0.05) is 17.7 Å². The van der Waals surface area contributed by atoms with Gasteiger partial charge >= 0.3 is 6.09 Å². The number of carboxylic acid groups (broad SMARTS) is 1. The highest BCUT2D eigenvalue weighted by atomic mass is 35.5. The fraction of sp³-hybridized carbons (Fsp3) is 0. The van der Waals surface area contributed by atoms with E-state index in [9.17, 15) is 14.0 Å². The first-order chi connectivity index (χ1) is 7.02. The first kappa shape index (κ1) is 11.3. The topological polar surface area (TPSA) is 78.4 Å². The summed E-state index contributed by atoms with van der Waals surface area (Å²) in [6, 6.07) is 3.83. The summed E-state index contributed by atoms with van der Waals surface area (Å²) in [4.78, 5) is 21.2. The quantitative estimate of drug-likeness (QED) is 0.641. The molecule has 3 N–H and O–H groups in total. The second kappa shape index (κ2) is 4.61. The number of nitrogens with one attached hydrogen (secondary N) is 2. The second-order valence-electron chi connectivity index (χ2n) is 2.49. The van der Waals surface area contributed by atoms with Gasteiger partial charge in [0.05, 0.1) is 10.6 Å². The minimum absolute atomic E-state index is 0.210. The lowest BCUT2D eigenvalue weighted by Gasteiger charge is -2.05. The Hall–Kier alpha value is -1.82. The van der Waals surface area contributed by atoms with Gasteiger partial charge < -0.3 is 5.11 Å². The number of amides is 2. The van der Waals surface area contributed by atoms with Crippen molar-refractivity contribution in [2.45, 2.75) is 0 Å². The third-order valence-corrected chi connectivity index (χ3v) is 1.77. The standard InChI is InChI=1S/C8H6ClFN2O3/c9-5-3-1-2-4(6(5)10)7(13)11-12-8(14)15/h1-3,12H,(H,11,13)(H,14,15). The van der Waals surface area contributed by atoms with Crippen LogP contribution in [0.2, 0.25) is 5.02 Å². The smallest absolute Gasteiger partial charge is 0.423 e. The van der Waals surface area contributed by atoms with E-state index in [-0.39, 0.29) is 10.6 Å². The van der Waals surface area contributed by atoms with Gasteiger partial charge in [0.25, 0.3) is 5.91 Å². The Bertz CT molecular complexity index is 411. The molecule has 0 aliphatic carbocycles. The van der Waals surface area contributed by atoms with Gasteiger partial charge in [0.2, 0.25) is 0 Å². The average molecular weight is 233 g/mol. The molecule has 0 fully saturated rings. The molecule has 2 amide bonds. The molecule has 0 aromatic heterocycles. The molecule has 0 bridgehead atoms. The summed E-state index contributed by atoms with van der Waals surface area (Å²) >= 11 is 5.43. The Morgan fingerprint density at radius 1 is 1.33 bits per heavy atom. The van der Waals surface area contributed by atoms with E-state index in [1.54, 1.807) is 10.9 Å². The molecule has 0 heterocycles. The van der Waals surface area contributed by atoms with Crippen LogP contribution in [0.1, 0.15) is 10.4 Å². The van der Waals surface area contributed by atoms with Gasteiger partial charge in [0.1, 0.15) is 0 Å². The summed E-state index contributed by atoms with van der Waals surface area (Å²) in [6.07, 6.45) is -1.45. The molecule has 0 saturated carbocycles. The van der Waals surface area contributed by atoms with Crippen LogP contribution in [0.4, 0.5) is 9.18 Å². The number of benzene rings is 1. The number of carbonyl (C=O) groups is 2. The first-order valence-electron chi connectivity index (χ1n) is 3.75. The van der Waals surface area contributed by atoms with Gasteiger partial charge in [-0.3, -0.25) is 10.2 Å². The van der Waals surface area contributed by atoms with E-state index in [4.69, 9.17) is 16.7 Å². The molecule has 0 radical (unpaired) electrons. The summed E-state index contributed by atoms with van der Waals surface area (Å²) in [6.45, 7) is 0. The summed E-state index contributed by atoms with van der Waals surface area (Å²) in [5.74, 6) is -1.82. The molecule has 0 spiro atoms. The van der Waals surface area contributed by atoms with Crippen LogP contribution in [0.15, 0.2) is 18.2 Å². The molecule has 1 rings (SSSR count). The molecule has 0 aliphatic rings. The maximum absolute atomic E-state index is 13.2.